The molecule has 218 valence electrons. The quantitative estimate of drug-likeness (QED) is 0.207. The molecular formula is C34H30ClN3O4S. The molecule has 1 atom stereocenters. The maximum absolute atomic E-state index is 13.1. The van der Waals surface area contributed by atoms with Crippen LogP contribution >= 0.6 is 22.9 Å². The average Bonchev–Trinajstić information content (AvgIpc) is 3.38. The summed E-state index contributed by atoms with van der Waals surface area (Å²) in [5.41, 5.74) is 7.01. The van der Waals surface area contributed by atoms with E-state index in [4.69, 9.17) is 26.1 Å². The highest BCUT2D eigenvalue weighted by molar-refractivity contribution is 7.22. The number of aromatic nitrogens is 2. The summed E-state index contributed by atoms with van der Waals surface area (Å²) in [6.45, 7) is 9.43. The molecule has 3 aromatic carbocycles. The zero-order valence-electron chi connectivity index (χ0n) is 24.4. The Hall–Kier alpha value is -4.11. The number of nitrogens with one attached hydrogen (secondary N) is 1. The predicted molar refractivity (Wildman–Crippen MR) is 172 cm³/mol. The van der Waals surface area contributed by atoms with Gasteiger partial charge in [-0.3, -0.25) is 14.6 Å². The monoisotopic (exact) mass is 611 g/mol. The number of carbonyl (C=O) groups excluding carboxylic acids is 2. The molecule has 5 aromatic rings. The van der Waals surface area contributed by atoms with Crippen molar-refractivity contribution in [1.82, 2.24) is 9.97 Å². The lowest BCUT2D eigenvalue weighted by molar-refractivity contribution is -0.138. The van der Waals surface area contributed by atoms with Crippen LogP contribution in [-0.2, 0) is 14.3 Å². The van der Waals surface area contributed by atoms with E-state index < -0.39 is 11.7 Å². The van der Waals surface area contributed by atoms with Crippen LogP contribution in [0.5, 0.6) is 5.75 Å². The van der Waals surface area contributed by atoms with E-state index in [9.17, 15) is 9.59 Å². The fourth-order valence-corrected chi connectivity index (χ4v) is 6.49. The molecule has 0 fully saturated rings. The lowest BCUT2D eigenvalue weighted by Gasteiger charge is -2.29. The molecule has 7 nitrogen and oxygen atoms in total. The van der Waals surface area contributed by atoms with Gasteiger partial charge in [-0.05, 0) is 94.3 Å². The van der Waals surface area contributed by atoms with Gasteiger partial charge in [0.25, 0.3) is 5.91 Å². The van der Waals surface area contributed by atoms with Gasteiger partial charge in [0.1, 0.15) is 16.9 Å². The third kappa shape index (κ3) is 5.91. The molecule has 0 saturated carbocycles. The zero-order chi connectivity index (χ0) is 30.5. The molecule has 6 rings (SSSR count). The van der Waals surface area contributed by atoms with Gasteiger partial charge in [0.2, 0.25) is 0 Å². The highest BCUT2D eigenvalue weighted by Gasteiger charge is 2.30. The molecule has 0 saturated heterocycles. The van der Waals surface area contributed by atoms with E-state index in [0.717, 1.165) is 54.3 Å². The van der Waals surface area contributed by atoms with E-state index in [0.29, 0.717) is 16.5 Å². The molecule has 1 amide bonds. The first-order valence-corrected chi connectivity index (χ1v) is 15.1. The highest BCUT2D eigenvalue weighted by Crippen LogP contribution is 2.45. The summed E-state index contributed by atoms with van der Waals surface area (Å²) in [6.07, 6.45) is 1.01. The van der Waals surface area contributed by atoms with E-state index in [-0.39, 0.29) is 18.3 Å². The third-order valence-electron chi connectivity index (χ3n) is 7.08. The molecule has 0 unspecified atom stereocenters. The van der Waals surface area contributed by atoms with Crippen molar-refractivity contribution in [2.24, 2.45) is 0 Å². The Morgan fingerprint density at radius 2 is 1.79 bits per heavy atom. The second-order valence-corrected chi connectivity index (χ2v) is 13.0. The SMILES string of the molecule is CC(=O)[C@@H](OC(C)(C)C)c1c(C)cc2nc(-c3ccnc(-c4ccc5c(c4)NC(=O)CO5)c3)sc2c1-c1ccc(Cl)cc1. The number of ether oxygens (including phenoxy) is 2. The van der Waals surface area contributed by atoms with Crippen LogP contribution in [0.15, 0.2) is 66.9 Å². The van der Waals surface area contributed by atoms with Crippen LogP contribution in [0.25, 0.3) is 43.2 Å². The number of anilines is 1. The van der Waals surface area contributed by atoms with Gasteiger partial charge >= 0.3 is 0 Å². The molecular weight excluding hydrogens is 582 g/mol. The van der Waals surface area contributed by atoms with Crippen molar-refractivity contribution in [3.05, 3.63) is 83.0 Å². The van der Waals surface area contributed by atoms with Gasteiger partial charge in [-0.15, -0.1) is 11.3 Å². The largest absolute Gasteiger partial charge is 0.482 e. The molecule has 0 radical (unpaired) electrons. The molecule has 0 spiro atoms. The maximum atomic E-state index is 13.1. The molecule has 9 heteroatoms. The van der Waals surface area contributed by atoms with Gasteiger partial charge in [-0.2, -0.15) is 0 Å². The van der Waals surface area contributed by atoms with Crippen molar-refractivity contribution in [2.75, 3.05) is 11.9 Å². The van der Waals surface area contributed by atoms with Crippen LogP contribution in [-0.4, -0.2) is 33.9 Å². The number of pyridine rings is 1. The number of nitrogens with zero attached hydrogens (tertiary/aromatic N) is 2. The molecule has 1 aliphatic rings. The van der Waals surface area contributed by atoms with E-state index in [2.05, 4.69) is 10.3 Å². The Labute approximate surface area is 258 Å². The Bertz CT molecular complexity index is 1890. The van der Waals surface area contributed by atoms with Crippen LogP contribution in [0.4, 0.5) is 5.69 Å². The van der Waals surface area contributed by atoms with Crippen molar-refractivity contribution in [3.8, 4) is 38.7 Å². The van der Waals surface area contributed by atoms with E-state index in [1.54, 1.807) is 24.5 Å². The Kier molecular flexibility index (Phi) is 7.54. The summed E-state index contributed by atoms with van der Waals surface area (Å²) in [5.74, 6) is 0.375. The molecule has 43 heavy (non-hydrogen) atoms. The van der Waals surface area contributed by atoms with Gasteiger partial charge in [0.15, 0.2) is 12.4 Å². The fourth-order valence-electron chi connectivity index (χ4n) is 5.24. The minimum Gasteiger partial charge on any atom is -0.482 e. The molecule has 0 aliphatic carbocycles. The first-order valence-electron chi connectivity index (χ1n) is 13.9. The lowest BCUT2D eigenvalue weighted by Crippen LogP contribution is -2.27. The van der Waals surface area contributed by atoms with Crippen LogP contribution in [0.3, 0.4) is 0 Å². The standard InChI is InChI=1S/C34H30ClN3O4S/c1-18-14-26-32(30(20-6-9-23(35)10-7-20)29(18)31(19(2)39)42-34(3,4)5)43-33(38-26)22-12-13-36-24(16-22)21-8-11-27-25(15-21)37-28(40)17-41-27/h6-16,31H,17H2,1-5H3,(H,37,40)/t31-/m1/s1. The Morgan fingerprint density at radius 1 is 1.05 bits per heavy atom. The zero-order valence-corrected chi connectivity index (χ0v) is 26.0. The number of hydrogen-bond acceptors (Lipinski definition) is 7. The number of benzene rings is 3. The molecule has 1 aliphatic heterocycles. The van der Waals surface area contributed by atoms with Crippen molar-refractivity contribution < 1.29 is 19.1 Å². The van der Waals surface area contributed by atoms with Crippen molar-refractivity contribution >= 4 is 50.5 Å². The van der Waals surface area contributed by atoms with Gasteiger partial charge < -0.3 is 14.8 Å². The van der Waals surface area contributed by atoms with E-state index in [1.807, 2.05) is 88.4 Å². The Balaban J connectivity index is 1.50. The van der Waals surface area contributed by atoms with Crippen molar-refractivity contribution in [3.63, 3.8) is 0 Å². The van der Waals surface area contributed by atoms with Gasteiger partial charge in [0.05, 0.1) is 27.2 Å². The minimum atomic E-state index is -0.748. The number of fused-ring (bicyclic) bond motifs is 2. The summed E-state index contributed by atoms with van der Waals surface area (Å²) in [4.78, 5) is 34.5. The first-order chi connectivity index (χ1) is 20.5. The number of hydrogen-bond donors (Lipinski definition) is 1. The van der Waals surface area contributed by atoms with Crippen molar-refractivity contribution in [2.45, 2.75) is 46.3 Å². The number of thiazole rings is 1. The van der Waals surface area contributed by atoms with E-state index >= 15 is 0 Å². The first kappa shape index (κ1) is 29.0. The number of amides is 1. The number of rotatable bonds is 6. The Morgan fingerprint density at radius 3 is 2.51 bits per heavy atom. The van der Waals surface area contributed by atoms with E-state index in [1.165, 1.54) is 0 Å². The smallest absolute Gasteiger partial charge is 0.262 e. The molecule has 1 N–H and O–H groups in total. The molecule has 2 aromatic heterocycles. The van der Waals surface area contributed by atoms with Gasteiger partial charge in [0, 0.05) is 33.5 Å². The number of halogens is 1. The van der Waals surface area contributed by atoms with Gasteiger partial charge in [-0.1, -0.05) is 23.7 Å². The van der Waals surface area contributed by atoms with Crippen LogP contribution in [0, 0.1) is 6.92 Å². The molecule has 3 heterocycles. The average molecular weight is 612 g/mol. The minimum absolute atomic E-state index is 0.00633. The number of aryl methyl sites for hydroxylation is 1. The summed E-state index contributed by atoms with van der Waals surface area (Å²) >= 11 is 7.82. The maximum Gasteiger partial charge on any atom is 0.262 e. The van der Waals surface area contributed by atoms with Crippen LogP contribution < -0.4 is 10.1 Å². The number of carbonyl (C=O) groups is 2. The summed E-state index contributed by atoms with van der Waals surface area (Å²) in [6, 6.07) is 19.2. The predicted octanol–water partition coefficient (Wildman–Crippen LogP) is 8.43. The second kappa shape index (κ2) is 11.2. The summed E-state index contributed by atoms with van der Waals surface area (Å²) in [5, 5.41) is 4.30. The summed E-state index contributed by atoms with van der Waals surface area (Å²) < 4.78 is 12.8. The molecule has 0 bridgehead atoms. The van der Waals surface area contributed by atoms with Crippen molar-refractivity contribution in [1.29, 1.82) is 0 Å². The lowest BCUT2D eigenvalue weighted by atomic mass is 9.90. The van der Waals surface area contributed by atoms with Crippen LogP contribution in [0.1, 0.15) is 44.9 Å². The third-order valence-corrected chi connectivity index (χ3v) is 8.47. The van der Waals surface area contributed by atoms with Gasteiger partial charge in [-0.25, -0.2) is 4.98 Å². The fraction of sp³-hybridized carbons (Fsp3) is 0.235. The summed E-state index contributed by atoms with van der Waals surface area (Å²) in [7, 11) is 0. The number of ketones is 1. The normalized spacial score (nSPS) is 13.8. The van der Waals surface area contributed by atoms with Crippen LogP contribution in [0.2, 0.25) is 5.02 Å². The highest BCUT2D eigenvalue weighted by atomic mass is 35.5. The second-order valence-electron chi connectivity index (χ2n) is 11.6. The number of Topliss-reactive ketones (excluding diaryl/α,β-unsaturated/α-hetero) is 1. The topological polar surface area (TPSA) is 90.4 Å².